The Bertz CT molecular complexity index is 647. The number of rotatable bonds is 7. The molecule has 1 aromatic heterocycles. The van der Waals surface area contributed by atoms with Crippen molar-refractivity contribution in [2.45, 2.75) is 27.2 Å². The van der Waals surface area contributed by atoms with Gasteiger partial charge in [0, 0.05) is 17.5 Å². The highest BCUT2D eigenvalue weighted by Gasteiger charge is 2.18. The van der Waals surface area contributed by atoms with Crippen LogP contribution in [0.4, 0.5) is 0 Å². The van der Waals surface area contributed by atoms with Gasteiger partial charge in [-0.3, -0.25) is 4.79 Å². The number of aryl methyl sites for hydroxylation is 1. The third-order valence-corrected chi connectivity index (χ3v) is 4.25. The van der Waals surface area contributed by atoms with Gasteiger partial charge in [0.25, 0.3) is 5.91 Å². The number of fused-ring (bicyclic) bond motifs is 1. The molecule has 1 aromatic carbocycles. The molecule has 0 atom stereocenters. The second-order valence-corrected chi connectivity index (χ2v) is 5.72. The van der Waals surface area contributed by atoms with E-state index in [2.05, 4.69) is 24.1 Å². The number of nitrogens with zero attached hydrogens (tertiary/aromatic N) is 1. The molecule has 0 saturated carbocycles. The fourth-order valence-electron chi connectivity index (χ4n) is 2.55. The van der Waals surface area contributed by atoms with E-state index >= 15 is 0 Å². The number of halogens is 1. The summed E-state index contributed by atoms with van der Waals surface area (Å²) < 4.78 is 5.66. The largest absolute Gasteiger partial charge is 0.449 e. The number of nitrogens with one attached hydrogen (secondary N) is 1. The number of para-hydroxylation sites is 1. The van der Waals surface area contributed by atoms with Crippen LogP contribution in [-0.4, -0.2) is 37.0 Å². The Kier molecular flexibility index (Phi) is 5.86. The van der Waals surface area contributed by atoms with Gasteiger partial charge in [0.2, 0.25) is 0 Å². The van der Waals surface area contributed by atoms with Crippen LogP contribution < -0.4 is 5.32 Å². The Morgan fingerprint density at radius 3 is 2.68 bits per heavy atom. The molecule has 4 nitrogen and oxygen atoms in total. The fraction of sp³-hybridized carbons (Fsp3) is 0.471. The summed E-state index contributed by atoms with van der Waals surface area (Å²) in [4.78, 5) is 14.6. The number of furan rings is 1. The van der Waals surface area contributed by atoms with E-state index in [-0.39, 0.29) is 5.91 Å². The van der Waals surface area contributed by atoms with Crippen molar-refractivity contribution in [2.24, 2.45) is 0 Å². The SMILES string of the molecule is CCN(CC)CCCNC(=O)c1oc2c(Cl)cccc2c1C. The van der Waals surface area contributed by atoms with Crippen molar-refractivity contribution < 1.29 is 9.21 Å². The van der Waals surface area contributed by atoms with Crippen molar-refractivity contribution in [1.82, 2.24) is 10.2 Å². The van der Waals surface area contributed by atoms with Gasteiger partial charge in [-0.1, -0.05) is 37.6 Å². The molecule has 1 amide bonds. The first kappa shape index (κ1) is 16.8. The highest BCUT2D eigenvalue weighted by Crippen LogP contribution is 2.30. The van der Waals surface area contributed by atoms with Crippen molar-refractivity contribution >= 4 is 28.5 Å². The minimum atomic E-state index is -0.177. The van der Waals surface area contributed by atoms with Crippen LogP contribution in [0.5, 0.6) is 0 Å². The van der Waals surface area contributed by atoms with Crippen molar-refractivity contribution in [1.29, 1.82) is 0 Å². The van der Waals surface area contributed by atoms with Crippen LogP contribution in [-0.2, 0) is 0 Å². The maximum absolute atomic E-state index is 12.3. The van der Waals surface area contributed by atoms with E-state index in [0.717, 1.165) is 37.0 Å². The lowest BCUT2D eigenvalue weighted by molar-refractivity contribution is 0.0925. The predicted molar refractivity (Wildman–Crippen MR) is 90.7 cm³/mol. The monoisotopic (exact) mass is 322 g/mol. The number of carbonyl (C=O) groups excluding carboxylic acids is 1. The van der Waals surface area contributed by atoms with E-state index in [9.17, 15) is 4.79 Å². The van der Waals surface area contributed by atoms with Crippen LogP contribution in [0.2, 0.25) is 5.02 Å². The van der Waals surface area contributed by atoms with E-state index in [4.69, 9.17) is 16.0 Å². The van der Waals surface area contributed by atoms with Gasteiger partial charge in [-0.15, -0.1) is 0 Å². The molecule has 0 unspecified atom stereocenters. The summed E-state index contributed by atoms with van der Waals surface area (Å²) in [6.07, 6.45) is 0.924. The van der Waals surface area contributed by atoms with Crippen molar-refractivity contribution in [3.05, 3.63) is 34.5 Å². The quantitative estimate of drug-likeness (QED) is 0.787. The zero-order valence-electron chi connectivity index (χ0n) is 13.4. The third-order valence-electron chi connectivity index (χ3n) is 3.95. The second-order valence-electron chi connectivity index (χ2n) is 5.31. The molecule has 0 aliphatic carbocycles. The minimum absolute atomic E-state index is 0.177. The number of benzene rings is 1. The Morgan fingerprint density at radius 2 is 2.05 bits per heavy atom. The van der Waals surface area contributed by atoms with Gasteiger partial charge in [-0.25, -0.2) is 0 Å². The first-order valence-electron chi connectivity index (χ1n) is 7.76. The first-order chi connectivity index (χ1) is 10.6. The Hall–Kier alpha value is -1.52. The molecular weight excluding hydrogens is 300 g/mol. The van der Waals surface area contributed by atoms with Crippen molar-refractivity contribution in [3.63, 3.8) is 0 Å². The number of carbonyl (C=O) groups is 1. The first-order valence-corrected chi connectivity index (χ1v) is 8.14. The standard InChI is InChI=1S/C17H23ClN2O2/c1-4-20(5-2)11-7-10-19-17(21)15-12(3)13-8-6-9-14(18)16(13)22-15/h6,8-9H,4-5,7,10-11H2,1-3H3,(H,19,21). The third kappa shape index (κ3) is 3.62. The van der Waals surface area contributed by atoms with E-state index < -0.39 is 0 Å². The average Bonchev–Trinajstić information content (AvgIpc) is 2.86. The van der Waals surface area contributed by atoms with Crippen LogP contribution in [0.3, 0.4) is 0 Å². The minimum Gasteiger partial charge on any atom is -0.449 e. The zero-order valence-corrected chi connectivity index (χ0v) is 14.2. The lowest BCUT2D eigenvalue weighted by atomic mass is 10.1. The highest BCUT2D eigenvalue weighted by atomic mass is 35.5. The van der Waals surface area contributed by atoms with Crippen LogP contribution in [0.15, 0.2) is 22.6 Å². The summed E-state index contributed by atoms with van der Waals surface area (Å²) in [6.45, 7) is 9.86. The van der Waals surface area contributed by atoms with Gasteiger partial charge in [0.05, 0.1) is 5.02 Å². The summed E-state index contributed by atoms with van der Waals surface area (Å²) in [5.74, 6) is 0.176. The van der Waals surface area contributed by atoms with Crippen LogP contribution in [0.1, 0.15) is 36.4 Å². The molecule has 0 aliphatic heterocycles. The molecule has 120 valence electrons. The molecule has 2 rings (SSSR count). The molecular formula is C17H23ClN2O2. The number of hydrogen-bond donors (Lipinski definition) is 1. The second kappa shape index (κ2) is 7.65. The van der Waals surface area contributed by atoms with Gasteiger partial charge < -0.3 is 14.6 Å². The summed E-state index contributed by atoms with van der Waals surface area (Å²) in [6, 6.07) is 5.54. The maximum Gasteiger partial charge on any atom is 0.287 e. The summed E-state index contributed by atoms with van der Waals surface area (Å²) in [7, 11) is 0. The molecule has 0 aliphatic rings. The van der Waals surface area contributed by atoms with E-state index in [1.165, 1.54) is 0 Å². The van der Waals surface area contributed by atoms with Gasteiger partial charge >= 0.3 is 0 Å². The Labute approximate surface area is 136 Å². The van der Waals surface area contributed by atoms with Crippen LogP contribution in [0, 0.1) is 6.92 Å². The molecule has 5 heteroatoms. The molecule has 1 heterocycles. The number of hydrogen-bond acceptors (Lipinski definition) is 3. The fourth-order valence-corrected chi connectivity index (χ4v) is 2.76. The van der Waals surface area contributed by atoms with Gasteiger partial charge in [-0.05, 0) is 39.0 Å². The molecule has 0 spiro atoms. The molecule has 22 heavy (non-hydrogen) atoms. The molecule has 1 N–H and O–H groups in total. The molecule has 2 aromatic rings. The topological polar surface area (TPSA) is 45.5 Å². The van der Waals surface area contributed by atoms with Crippen molar-refractivity contribution in [2.75, 3.05) is 26.2 Å². The van der Waals surface area contributed by atoms with Gasteiger partial charge in [0.15, 0.2) is 11.3 Å². The highest BCUT2D eigenvalue weighted by molar-refractivity contribution is 6.35. The normalized spacial score (nSPS) is 11.3. The lowest BCUT2D eigenvalue weighted by Crippen LogP contribution is -2.30. The smallest absolute Gasteiger partial charge is 0.287 e. The van der Waals surface area contributed by atoms with Crippen LogP contribution in [0.25, 0.3) is 11.0 Å². The maximum atomic E-state index is 12.3. The summed E-state index contributed by atoms with van der Waals surface area (Å²) >= 11 is 6.11. The van der Waals surface area contributed by atoms with Crippen molar-refractivity contribution in [3.8, 4) is 0 Å². The summed E-state index contributed by atoms with van der Waals surface area (Å²) in [5.41, 5.74) is 1.41. The van der Waals surface area contributed by atoms with E-state index in [1.807, 2.05) is 19.1 Å². The lowest BCUT2D eigenvalue weighted by Gasteiger charge is -2.17. The molecule has 0 bridgehead atoms. The zero-order chi connectivity index (χ0) is 16.1. The molecule has 0 saturated heterocycles. The number of amides is 1. The van der Waals surface area contributed by atoms with E-state index in [0.29, 0.717) is 22.9 Å². The summed E-state index contributed by atoms with van der Waals surface area (Å²) in [5, 5.41) is 4.34. The predicted octanol–water partition coefficient (Wildman–Crippen LogP) is 3.86. The van der Waals surface area contributed by atoms with Gasteiger partial charge in [0.1, 0.15) is 0 Å². The molecule has 0 radical (unpaired) electrons. The Morgan fingerprint density at radius 1 is 1.32 bits per heavy atom. The van der Waals surface area contributed by atoms with Crippen LogP contribution >= 0.6 is 11.6 Å². The van der Waals surface area contributed by atoms with Gasteiger partial charge in [-0.2, -0.15) is 0 Å². The Balaban J connectivity index is 1.99. The van der Waals surface area contributed by atoms with E-state index in [1.54, 1.807) is 6.07 Å². The average molecular weight is 323 g/mol. The molecule has 0 fully saturated rings.